The number of benzene rings is 1. The molecule has 1 aliphatic rings. The molecular weight excluding hydrogens is 321 g/mol. The number of ether oxygens (including phenoxy) is 1. The van der Waals surface area contributed by atoms with Crippen LogP contribution in [0, 0.1) is 5.82 Å². The highest BCUT2D eigenvalue weighted by Gasteiger charge is 2.24. The summed E-state index contributed by atoms with van der Waals surface area (Å²) in [6, 6.07) is 4.88. The minimum Gasteiger partial charge on any atom is -0.494 e. The molecule has 2 N–H and O–H groups in total. The van der Waals surface area contributed by atoms with Crippen LogP contribution >= 0.6 is 0 Å². The van der Waals surface area contributed by atoms with E-state index in [9.17, 15) is 4.39 Å². The number of nitrogen functional groups attached to an aromatic ring is 1. The third kappa shape index (κ3) is 2.79. The first-order chi connectivity index (χ1) is 12.2. The van der Waals surface area contributed by atoms with Gasteiger partial charge in [0, 0.05) is 11.6 Å². The molecule has 25 heavy (non-hydrogen) atoms. The minimum absolute atomic E-state index is 0.297. The molecule has 0 atom stereocenters. The van der Waals surface area contributed by atoms with Crippen LogP contribution in [0.5, 0.6) is 5.75 Å². The van der Waals surface area contributed by atoms with Gasteiger partial charge in [-0.2, -0.15) is 5.10 Å². The second-order valence-electron chi connectivity index (χ2n) is 6.30. The molecule has 0 spiro atoms. The summed E-state index contributed by atoms with van der Waals surface area (Å²) >= 11 is 0. The second-order valence-corrected chi connectivity index (χ2v) is 6.30. The maximum atomic E-state index is 14.1. The van der Waals surface area contributed by atoms with Crippen molar-refractivity contribution >= 4 is 16.9 Å². The quantitative estimate of drug-likeness (QED) is 0.782. The molecule has 1 saturated carbocycles. The van der Waals surface area contributed by atoms with E-state index in [-0.39, 0.29) is 5.82 Å². The average molecular weight is 341 g/mol. The highest BCUT2D eigenvalue weighted by molar-refractivity contribution is 5.98. The van der Waals surface area contributed by atoms with Crippen molar-refractivity contribution in [3.8, 4) is 17.0 Å². The van der Waals surface area contributed by atoms with Gasteiger partial charge in [-0.15, -0.1) is 0 Å². The number of nitrogens with zero attached hydrogens (tertiary/aromatic N) is 4. The summed E-state index contributed by atoms with van der Waals surface area (Å²) in [5.41, 5.74) is 8.03. The van der Waals surface area contributed by atoms with Crippen molar-refractivity contribution < 1.29 is 9.13 Å². The van der Waals surface area contributed by atoms with Crippen LogP contribution in [0.2, 0.25) is 0 Å². The van der Waals surface area contributed by atoms with Gasteiger partial charge in [0.15, 0.2) is 5.65 Å². The van der Waals surface area contributed by atoms with E-state index in [4.69, 9.17) is 15.6 Å². The molecule has 2 aromatic heterocycles. The smallest absolute Gasteiger partial charge is 0.164 e. The number of hydrogen-bond donors (Lipinski definition) is 1. The van der Waals surface area contributed by atoms with Crippen LogP contribution in [0.15, 0.2) is 24.5 Å². The zero-order chi connectivity index (χ0) is 17.4. The van der Waals surface area contributed by atoms with Crippen molar-refractivity contribution in [3.63, 3.8) is 0 Å². The third-order valence-corrected chi connectivity index (χ3v) is 4.64. The normalized spacial score (nSPS) is 15.1. The van der Waals surface area contributed by atoms with Gasteiger partial charge < -0.3 is 10.5 Å². The molecule has 6 nitrogen and oxygen atoms in total. The molecule has 0 aliphatic heterocycles. The van der Waals surface area contributed by atoms with Crippen molar-refractivity contribution in [1.29, 1.82) is 0 Å². The molecule has 1 aliphatic carbocycles. The zero-order valence-electron chi connectivity index (χ0n) is 14.1. The van der Waals surface area contributed by atoms with Gasteiger partial charge in [0.2, 0.25) is 0 Å². The third-order valence-electron chi connectivity index (χ3n) is 4.64. The number of nitrogens with two attached hydrogens (primary N) is 1. The molecule has 0 amide bonds. The first kappa shape index (κ1) is 15.8. The number of anilines is 1. The lowest BCUT2D eigenvalue weighted by atomic mass is 10.1. The van der Waals surface area contributed by atoms with Gasteiger partial charge in [-0.05, 0) is 31.9 Å². The monoisotopic (exact) mass is 341 g/mol. The standard InChI is InChI=1S/C18H20FN5O/c1-2-25-14-8-11(7-12(19)9-14)16-15-17(20)21-10-22-18(15)24(23-16)13-5-3-4-6-13/h7-10,13H,2-6H2,1H3,(H2,20,21,22). The fraction of sp³-hybridized carbons (Fsp3) is 0.389. The Labute approximate surface area is 144 Å². The van der Waals surface area contributed by atoms with Crippen molar-refractivity contribution in [3.05, 3.63) is 30.3 Å². The van der Waals surface area contributed by atoms with Gasteiger partial charge in [-0.25, -0.2) is 19.0 Å². The van der Waals surface area contributed by atoms with E-state index >= 15 is 0 Å². The van der Waals surface area contributed by atoms with Crippen LogP contribution in [-0.4, -0.2) is 26.4 Å². The van der Waals surface area contributed by atoms with Gasteiger partial charge in [0.25, 0.3) is 0 Å². The Hall–Kier alpha value is -2.70. The molecule has 4 rings (SSSR count). The average Bonchev–Trinajstić information content (AvgIpc) is 3.22. The Morgan fingerprint density at radius 1 is 1.24 bits per heavy atom. The summed E-state index contributed by atoms with van der Waals surface area (Å²) in [4.78, 5) is 8.50. The highest BCUT2D eigenvalue weighted by Crippen LogP contribution is 2.37. The Balaban J connectivity index is 1.93. The Morgan fingerprint density at radius 3 is 2.80 bits per heavy atom. The molecule has 0 radical (unpaired) electrons. The van der Waals surface area contributed by atoms with Gasteiger partial charge in [0.05, 0.1) is 18.0 Å². The van der Waals surface area contributed by atoms with Gasteiger partial charge in [-0.1, -0.05) is 12.8 Å². The van der Waals surface area contributed by atoms with Gasteiger partial charge in [0.1, 0.15) is 29.4 Å². The van der Waals surface area contributed by atoms with Crippen LogP contribution in [-0.2, 0) is 0 Å². The van der Waals surface area contributed by atoms with E-state index < -0.39 is 0 Å². The molecule has 7 heteroatoms. The Bertz CT molecular complexity index is 917. The second kappa shape index (κ2) is 6.31. The Kier molecular flexibility index (Phi) is 3.99. The van der Waals surface area contributed by atoms with Gasteiger partial charge in [-0.3, -0.25) is 0 Å². The lowest BCUT2D eigenvalue weighted by molar-refractivity contribution is 0.338. The van der Waals surface area contributed by atoms with Crippen molar-refractivity contribution in [2.75, 3.05) is 12.3 Å². The summed E-state index contributed by atoms with van der Waals surface area (Å²) in [6.07, 6.45) is 5.93. The topological polar surface area (TPSA) is 78.8 Å². The van der Waals surface area contributed by atoms with E-state index in [1.165, 1.54) is 31.3 Å². The number of rotatable bonds is 4. The summed E-state index contributed by atoms with van der Waals surface area (Å²) in [5.74, 6) is 0.447. The maximum absolute atomic E-state index is 14.1. The lowest BCUT2D eigenvalue weighted by Gasteiger charge is -2.10. The molecular formula is C18H20FN5O. The molecule has 130 valence electrons. The summed E-state index contributed by atoms with van der Waals surface area (Å²) in [7, 11) is 0. The predicted octanol–water partition coefficient (Wildman–Crippen LogP) is 3.73. The van der Waals surface area contributed by atoms with E-state index in [1.807, 2.05) is 11.6 Å². The van der Waals surface area contributed by atoms with Crippen molar-refractivity contribution in [2.24, 2.45) is 0 Å². The molecule has 0 saturated heterocycles. The van der Waals surface area contributed by atoms with Gasteiger partial charge >= 0.3 is 0 Å². The lowest BCUT2D eigenvalue weighted by Crippen LogP contribution is -2.07. The van der Waals surface area contributed by atoms with Crippen LogP contribution in [0.3, 0.4) is 0 Å². The number of fused-ring (bicyclic) bond motifs is 1. The summed E-state index contributed by atoms with van der Waals surface area (Å²) < 4.78 is 21.5. The number of aromatic nitrogens is 4. The maximum Gasteiger partial charge on any atom is 0.164 e. The van der Waals surface area contributed by atoms with E-state index in [0.717, 1.165) is 12.8 Å². The zero-order valence-corrected chi connectivity index (χ0v) is 14.1. The summed E-state index contributed by atoms with van der Waals surface area (Å²) in [5, 5.41) is 5.43. The molecule has 1 fully saturated rings. The molecule has 0 unspecified atom stereocenters. The largest absolute Gasteiger partial charge is 0.494 e. The Morgan fingerprint density at radius 2 is 2.04 bits per heavy atom. The van der Waals surface area contributed by atoms with Crippen LogP contribution in [0.1, 0.15) is 38.6 Å². The first-order valence-electron chi connectivity index (χ1n) is 8.60. The number of halogens is 1. The SMILES string of the molecule is CCOc1cc(F)cc(-c2nn(C3CCCC3)c3ncnc(N)c23)c1. The van der Waals surface area contributed by atoms with Crippen molar-refractivity contribution in [1.82, 2.24) is 19.7 Å². The fourth-order valence-electron chi connectivity index (χ4n) is 3.55. The van der Waals surface area contributed by atoms with Crippen LogP contribution < -0.4 is 10.5 Å². The molecule has 0 bridgehead atoms. The predicted molar refractivity (Wildman–Crippen MR) is 93.8 cm³/mol. The molecule has 1 aromatic carbocycles. The summed E-state index contributed by atoms with van der Waals surface area (Å²) in [6.45, 7) is 2.33. The molecule has 2 heterocycles. The molecule has 3 aromatic rings. The van der Waals surface area contributed by atoms with E-state index in [1.54, 1.807) is 6.07 Å². The van der Waals surface area contributed by atoms with E-state index in [2.05, 4.69) is 9.97 Å². The van der Waals surface area contributed by atoms with E-state index in [0.29, 0.717) is 46.5 Å². The van der Waals surface area contributed by atoms with Crippen LogP contribution in [0.4, 0.5) is 10.2 Å². The highest BCUT2D eigenvalue weighted by atomic mass is 19.1. The number of hydrogen-bond acceptors (Lipinski definition) is 5. The minimum atomic E-state index is -0.375. The van der Waals surface area contributed by atoms with Crippen LogP contribution in [0.25, 0.3) is 22.3 Å². The fourth-order valence-corrected chi connectivity index (χ4v) is 3.55. The van der Waals surface area contributed by atoms with Crippen molar-refractivity contribution in [2.45, 2.75) is 38.6 Å². The first-order valence-corrected chi connectivity index (χ1v) is 8.60.